The van der Waals surface area contributed by atoms with Crippen LogP contribution in [0.15, 0.2) is 25.3 Å². The predicted molar refractivity (Wildman–Crippen MR) is 82.1 cm³/mol. The second kappa shape index (κ2) is 8.58. The lowest BCUT2D eigenvalue weighted by Crippen LogP contribution is -2.25. The predicted octanol–water partition coefficient (Wildman–Crippen LogP) is 3.99. The van der Waals surface area contributed by atoms with Crippen LogP contribution in [0.2, 0.25) is 0 Å². The minimum atomic E-state index is 1.05. The third kappa shape index (κ3) is 4.07. The summed E-state index contributed by atoms with van der Waals surface area (Å²) in [6.07, 6.45) is 9.16. The molecule has 1 rings (SSSR count). The summed E-state index contributed by atoms with van der Waals surface area (Å²) in [6.45, 7) is 15.8. The lowest BCUT2D eigenvalue weighted by Gasteiger charge is -2.01. The van der Waals surface area contributed by atoms with Crippen LogP contribution >= 0.6 is 0 Å². The molecule has 17 heavy (non-hydrogen) atoms. The van der Waals surface area contributed by atoms with Crippen LogP contribution in [-0.2, 0) is 0 Å². The molecule has 0 radical (unpaired) electrons. The zero-order valence-corrected chi connectivity index (χ0v) is 11.6. The third-order valence-corrected chi connectivity index (χ3v) is 2.46. The van der Waals surface area contributed by atoms with Crippen LogP contribution in [0.25, 0.3) is 24.3 Å². The van der Waals surface area contributed by atoms with Crippen LogP contribution in [-0.4, -0.2) is 0 Å². The van der Waals surface area contributed by atoms with Gasteiger partial charge in [-0.1, -0.05) is 58.2 Å². The first-order valence-electron chi connectivity index (χ1n) is 6.32. The summed E-state index contributed by atoms with van der Waals surface area (Å²) < 4.78 is 0. The Morgan fingerprint density at radius 3 is 1.82 bits per heavy atom. The molecular weight excluding hydrogens is 204 g/mol. The Kier molecular flexibility index (Phi) is 7.79. The lowest BCUT2D eigenvalue weighted by atomic mass is 10.0. The van der Waals surface area contributed by atoms with Crippen molar-refractivity contribution in [1.82, 2.24) is 0 Å². The molecule has 0 bridgehead atoms. The lowest BCUT2D eigenvalue weighted by molar-refractivity contribution is 1.28. The van der Waals surface area contributed by atoms with Gasteiger partial charge in [0.25, 0.3) is 0 Å². The molecule has 0 nitrogen and oxygen atoms in total. The van der Waals surface area contributed by atoms with E-state index in [4.69, 9.17) is 0 Å². The summed E-state index contributed by atoms with van der Waals surface area (Å²) in [6, 6.07) is 4.33. The first kappa shape index (κ1) is 15.4. The Labute approximate surface area is 106 Å². The summed E-state index contributed by atoms with van der Waals surface area (Å²) in [5.41, 5.74) is 2.29. The SMILES string of the molecule is C=Cc1cc(=C/C)/c(=C\CC)cc1C=C.CC. The standard InChI is InChI=1S/C15H18.C2H6/c1-5-9-15-11-13(7-3)12(6-2)10-14(15)8-4;1-2/h6-11H,2-3,5H2,1,4H3;1-2H3/b14-8-,15-9-;. The zero-order valence-electron chi connectivity index (χ0n) is 11.6. The van der Waals surface area contributed by atoms with E-state index in [1.165, 1.54) is 10.4 Å². The van der Waals surface area contributed by atoms with Gasteiger partial charge in [-0.25, -0.2) is 0 Å². The van der Waals surface area contributed by atoms with E-state index in [9.17, 15) is 0 Å². The molecule has 0 spiro atoms. The van der Waals surface area contributed by atoms with Gasteiger partial charge in [0.2, 0.25) is 0 Å². The van der Waals surface area contributed by atoms with Crippen LogP contribution in [0.3, 0.4) is 0 Å². The van der Waals surface area contributed by atoms with Crippen molar-refractivity contribution in [2.45, 2.75) is 34.1 Å². The first-order chi connectivity index (χ1) is 8.26. The summed E-state index contributed by atoms with van der Waals surface area (Å²) >= 11 is 0. The first-order valence-corrected chi connectivity index (χ1v) is 6.32. The molecule has 0 saturated carbocycles. The Morgan fingerprint density at radius 1 is 1.00 bits per heavy atom. The molecule has 0 unspecified atom stereocenters. The van der Waals surface area contributed by atoms with Gasteiger partial charge in [-0.15, -0.1) is 0 Å². The summed E-state index contributed by atoms with van der Waals surface area (Å²) in [5.74, 6) is 0. The van der Waals surface area contributed by atoms with Gasteiger partial charge in [0.15, 0.2) is 0 Å². The highest BCUT2D eigenvalue weighted by molar-refractivity contribution is 5.64. The van der Waals surface area contributed by atoms with Crippen LogP contribution in [0.1, 0.15) is 45.2 Å². The van der Waals surface area contributed by atoms with Crippen molar-refractivity contribution in [1.29, 1.82) is 0 Å². The summed E-state index contributed by atoms with van der Waals surface area (Å²) in [7, 11) is 0. The minimum Gasteiger partial charge on any atom is -0.0984 e. The quantitative estimate of drug-likeness (QED) is 0.734. The van der Waals surface area contributed by atoms with E-state index < -0.39 is 0 Å². The van der Waals surface area contributed by atoms with Crippen molar-refractivity contribution in [2.75, 3.05) is 0 Å². The maximum atomic E-state index is 3.82. The van der Waals surface area contributed by atoms with Gasteiger partial charge in [-0.2, -0.15) is 0 Å². The summed E-state index contributed by atoms with van der Waals surface area (Å²) in [5, 5.41) is 2.54. The van der Waals surface area contributed by atoms with E-state index in [0.29, 0.717) is 0 Å². The van der Waals surface area contributed by atoms with Gasteiger partial charge in [-0.05, 0) is 47.0 Å². The Morgan fingerprint density at radius 2 is 1.47 bits per heavy atom. The number of hydrogen-bond acceptors (Lipinski definition) is 0. The van der Waals surface area contributed by atoms with Crippen molar-refractivity contribution >= 4 is 24.3 Å². The second-order valence-corrected chi connectivity index (χ2v) is 3.42. The zero-order chi connectivity index (χ0) is 13.3. The molecule has 0 saturated heterocycles. The van der Waals surface area contributed by atoms with Gasteiger partial charge in [-0.3, -0.25) is 0 Å². The van der Waals surface area contributed by atoms with Crippen molar-refractivity contribution in [2.24, 2.45) is 0 Å². The highest BCUT2D eigenvalue weighted by Crippen LogP contribution is 2.06. The normalized spacial score (nSPS) is 11.8. The van der Waals surface area contributed by atoms with Gasteiger partial charge < -0.3 is 0 Å². The monoisotopic (exact) mass is 228 g/mol. The molecule has 1 aromatic rings. The fraction of sp³-hybridized carbons (Fsp3) is 0.294. The molecule has 0 N–H and O–H groups in total. The molecule has 1 aromatic carbocycles. The number of benzene rings is 1. The Hall–Kier alpha value is -1.56. The van der Waals surface area contributed by atoms with Gasteiger partial charge in [0, 0.05) is 0 Å². The van der Waals surface area contributed by atoms with Gasteiger partial charge >= 0.3 is 0 Å². The van der Waals surface area contributed by atoms with Crippen molar-refractivity contribution in [3.8, 4) is 0 Å². The fourth-order valence-electron chi connectivity index (χ4n) is 1.67. The van der Waals surface area contributed by atoms with E-state index in [-0.39, 0.29) is 0 Å². The second-order valence-electron chi connectivity index (χ2n) is 3.42. The van der Waals surface area contributed by atoms with Gasteiger partial charge in [0.1, 0.15) is 0 Å². The van der Waals surface area contributed by atoms with E-state index in [2.05, 4.69) is 51.3 Å². The van der Waals surface area contributed by atoms with Gasteiger partial charge in [0.05, 0.1) is 0 Å². The number of hydrogen-bond donors (Lipinski definition) is 0. The molecule has 0 aliphatic rings. The van der Waals surface area contributed by atoms with Crippen molar-refractivity contribution < 1.29 is 0 Å². The minimum absolute atomic E-state index is 1.05. The molecule has 0 atom stereocenters. The average molecular weight is 228 g/mol. The van der Waals surface area contributed by atoms with Crippen molar-refractivity contribution in [3.63, 3.8) is 0 Å². The van der Waals surface area contributed by atoms with E-state index in [0.717, 1.165) is 17.5 Å². The van der Waals surface area contributed by atoms with E-state index in [1.807, 2.05) is 26.0 Å². The van der Waals surface area contributed by atoms with E-state index >= 15 is 0 Å². The van der Waals surface area contributed by atoms with Crippen molar-refractivity contribution in [3.05, 3.63) is 46.9 Å². The smallest absolute Gasteiger partial charge is 0.0184 e. The average Bonchev–Trinajstić information content (AvgIpc) is 2.40. The maximum Gasteiger partial charge on any atom is -0.0184 e. The molecule has 0 heteroatoms. The third-order valence-electron chi connectivity index (χ3n) is 2.46. The molecule has 0 fully saturated rings. The molecule has 0 aliphatic carbocycles. The molecule has 0 aromatic heterocycles. The topological polar surface area (TPSA) is 0 Å². The highest BCUT2D eigenvalue weighted by atomic mass is 14.0. The molecule has 0 amide bonds. The van der Waals surface area contributed by atoms with Crippen LogP contribution in [0, 0.1) is 0 Å². The molecule has 0 heterocycles. The molecule has 92 valence electrons. The van der Waals surface area contributed by atoms with Crippen LogP contribution < -0.4 is 10.4 Å². The fourth-order valence-corrected chi connectivity index (χ4v) is 1.67. The maximum absolute atomic E-state index is 3.82. The van der Waals surface area contributed by atoms with E-state index in [1.54, 1.807) is 0 Å². The largest absolute Gasteiger partial charge is 0.0984 e. The molecular formula is C17H24. The molecule has 0 aliphatic heterocycles. The Balaban J connectivity index is 0.00000121. The van der Waals surface area contributed by atoms with Crippen LogP contribution in [0.5, 0.6) is 0 Å². The summed E-state index contributed by atoms with van der Waals surface area (Å²) in [4.78, 5) is 0. The van der Waals surface area contributed by atoms with Crippen LogP contribution in [0.4, 0.5) is 0 Å². The Bertz CT molecular complexity index is 475. The highest BCUT2D eigenvalue weighted by Gasteiger charge is 1.95. The number of rotatable bonds is 3.